The second-order valence-electron chi connectivity index (χ2n) is 7.13. The van der Waals surface area contributed by atoms with Crippen LogP contribution in [0.2, 0.25) is 0 Å². The van der Waals surface area contributed by atoms with Crippen molar-refractivity contribution in [2.75, 3.05) is 6.61 Å². The van der Waals surface area contributed by atoms with Crippen molar-refractivity contribution in [2.24, 2.45) is 26.1 Å². The highest BCUT2D eigenvalue weighted by Crippen LogP contribution is 2.27. The smallest absolute Gasteiger partial charge is 0.311 e. The molecule has 1 amide bonds. The molecule has 1 fully saturated rings. The van der Waals surface area contributed by atoms with Gasteiger partial charge in [0.25, 0.3) is 5.91 Å². The lowest BCUT2D eigenvalue weighted by atomic mass is 9.97. The largest absolute Gasteiger partial charge is 0.462 e. The summed E-state index contributed by atoms with van der Waals surface area (Å²) in [7, 11) is 0. The average Bonchev–Trinajstić information content (AvgIpc) is 3.07. The lowest BCUT2D eigenvalue weighted by Gasteiger charge is -2.25. The Kier molecular flexibility index (Phi) is 4.33. The molecule has 0 aromatic carbocycles. The van der Waals surface area contributed by atoms with E-state index in [1.54, 1.807) is 25.7 Å². The number of nitrogens with two attached hydrogens (primary N) is 1. The summed E-state index contributed by atoms with van der Waals surface area (Å²) in [4.78, 5) is 36.9. The van der Waals surface area contributed by atoms with Crippen molar-refractivity contribution < 1.29 is 24.2 Å². The maximum atomic E-state index is 11.9. The number of ether oxygens (including phenoxy) is 2. The van der Waals surface area contributed by atoms with Gasteiger partial charge in [0.2, 0.25) is 5.96 Å². The molecule has 4 atom stereocenters. The third kappa shape index (κ3) is 3.40. The van der Waals surface area contributed by atoms with Crippen LogP contribution in [-0.4, -0.2) is 71.1 Å². The number of aliphatic hydroxyl groups excluding tert-OH is 1. The van der Waals surface area contributed by atoms with E-state index in [1.807, 2.05) is 0 Å². The molecular formula is C15H21N5O5. The first-order valence-corrected chi connectivity index (χ1v) is 7.96. The monoisotopic (exact) mass is 351 g/mol. The Hall–Kier alpha value is -2.33. The molecule has 10 nitrogen and oxygen atoms in total. The normalized spacial score (nSPS) is 31.7. The van der Waals surface area contributed by atoms with E-state index >= 15 is 0 Å². The van der Waals surface area contributed by atoms with Crippen LogP contribution in [0, 0.1) is 5.41 Å². The van der Waals surface area contributed by atoms with Gasteiger partial charge in [-0.1, -0.05) is 0 Å². The molecule has 3 N–H and O–H groups in total. The van der Waals surface area contributed by atoms with Crippen LogP contribution < -0.4 is 5.73 Å². The van der Waals surface area contributed by atoms with Crippen molar-refractivity contribution in [3.05, 3.63) is 0 Å². The number of carbonyl (C=O) groups excluding carboxylic acids is 2. The van der Waals surface area contributed by atoms with Gasteiger partial charge < -0.3 is 20.3 Å². The van der Waals surface area contributed by atoms with Crippen LogP contribution in [0.5, 0.6) is 0 Å². The summed E-state index contributed by atoms with van der Waals surface area (Å²) in [6.07, 6.45) is -0.401. The van der Waals surface area contributed by atoms with E-state index in [9.17, 15) is 14.7 Å². The summed E-state index contributed by atoms with van der Waals surface area (Å²) in [6, 6.07) is -0.828. The van der Waals surface area contributed by atoms with E-state index in [-0.39, 0.29) is 25.0 Å². The first-order valence-electron chi connectivity index (χ1n) is 7.96. The summed E-state index contributed by atoms with van der Waals surface area (Å²) in [5.74, 6) is -0.681. The molecule has 136 valence electrons. The molecule has 0 aromatic heterocycles. The highest BCUT2D eigenvalue weighted by atomic mass is 16.6. The second kappa shape index (κ2) is 6.19. The Morgan fingerprint density at radius 1 is 1.48 bits per heavy atom. The molecule has 0 spiro atoms. The standard InChI is InChI=1S/C15H21N5O5/c1-15(2,3)13(23)24-5-8-7(21)4-9(25-8)20-6-17-10-11(20)18-14(16)19-12(10)22/h6-10,21H,4-5H2,1-3H3,(H2,16,19,22)/t7-,8+,9+,10?/m0/s1. The van der Waals surface area contributed by atoms with Crippen molar-refractivity contribution >= 4 is 30.0 Å². The van der Waals surface area contributed by atoms with Gasteiger partial charge in [0.1, 0.15) is 18.9 Å². The van der Waals surface area contributed by atoms with Crippen LogP contribution in [0.1, 0.15) is 27.2 Å². The van der Waals surface area contributed by atoms with Gasteiger partial charge in [0, 0.05) is 6.42 Å². The number of carbonyl (C=O) groups is 2. The molecule has 3 rings (SSSR count). The van der Waals surface area contributed by atoms with E-state index in [4.69, 9.17) is 15.2 Å². The number of rotatable bonds is 3. The zero-order valence-corrected chi connectivity index (χ0v) is 14.2. The number of guanidine groups is 1. The van der Waals surface area contributed by atoms with Gasteiger partial charge in [-0.3, -0.25) is 19.5 Å². The number of amidine groups is 1. The molecule has 1 saturated heterocycles. The molecule has 3 aliphatic rings. The van der Waals surface area contributed by atoms with E-state index in [0.717, 1.165) is 0 Å². The number of amides is 1. The fourth-order valence-electron chi connectivity index (χ4n) is 2.65. The van der Waals surface area contributed by atoms with Gasteiger partial charge in [0.05, 0.1) is 17.9 Å². The van der Waals surface area contributed by atoms with Crippen molar-refractivity contribution in [1.82, 2.24) is 4.90 Å². The Balaban J connectivity index is 1.64. The number of aliphatic hydroxyl groups is 1. The van der Waals surface area contributed by atoms with E-state index in [0.29, 0.717) is 5.84 Å². The predicted octanol–water partition coefficient (Wildman–Crippen LogP) is -0.982. The highest BCUT2D eigenvalue weighted by Gasteiger charge is 2.44. The third-order valence-electron chi connectivity index (χ3n) is 4.04. The van der Waals surface area contributed by atoms with Crippen LogP contribution in [0.3, 0.4) is 0 Å². The van der Waals surface area contributed by atoms with Gasteiger partial charge in [-0.15, -0.1) is 0 Å². The molecule has 0 radical (unpaired) electrons. The molecule has 3 aliphatic heterocycles. The number of hydrogen-bond donors (Lipinski definition) is 2. The van der Waals surface area contributed by atoms with Crippen molar-refractivity contribution in [3.8, 4) is 0 Å². The van der Waals surface area contributed by atoms with Crippen LogP contribution in [0.4, 0.5) is 0 Å². The quantitative estimate of drug-likeness (QED) is 0.623. The van der Waals surface area contributed by atoms with Gasteiger partial charge in [-0.25, -0.2) is 0 Å². The summed E-state index contributed by atoms with van der Waals surface area (Å²) >= 11 is 0. The first kappa shape index (κ1) is 17.5. The Labute approximate surface area is 144 Å². The second-order valence-corrected chi connectivity index (χ2v) is 7.13. The molecule has 0 saturated carbocycles. The average molecular weight is 351 g/mol. The van der Waals surface area contributed by atoms with E-state index in [2.05, 4.69) is 15.0 Å². The van der Waals surface area contributed by atoms with Gasteiger partial charge in [-0.05, 0) is 20.8 Å². The van der Waals surface area contributed by atoms with Crippen LogP contribution >= 0.6 is 0 Å². The molecular weight excluding hydrogens is 330 g/mol. The van der Waals surface area contributed by atoms with Gasteiger partial charge >= 0.3 is 5.97 Å². The number of fused-ring (bicyclic) bond motifs is 1. The lowest BCUT2D eigenvalue weighted by molar-refractivity contribution is -0.159. The fourth-order valence-corrected chi connectivity index (χ4v) is 2.65. The van der Waals surface area contributed by atoms with Crippen LogP contribution in [0.15, 0.2) is 15.0 Å². The van der Waals surface area contributed by atoms with Crippen molar-refractivity contribution in [2.45, 2.75) is 51.7 Å². The number of hydrogen-bond acceptors (Lipinski definition) is 9. The van der Waals surface area contributed by atoms with Gasteiger partial charge in [0.15, 0.2) is 11.9 Å². The minimum absolute atomic E-state index is 0.0583. The molecule has 3 heterocycles. The van der Waals surface area contributed by atoms with E-state index < -0.39 is 35.8 Å². The minimum atomic E-state index is -0.828. The zero-order valence-electron chi connectivity index (χ0n) is 14.2. The minimum Gasteiger partial charge on any atom is -0.462 e. The van der Waals surface area contributed by atoms with Gasteiger partial charge in [-0.2, -0.15) is 9.98 Å². The van der Waals surface area contributed by atoms with Crippen LogP contribution in [-0.2, 0) is 19.1 Å². The predicted molar refractivity (Wildman–Crippen MR) is 87.9 cm³/mol. The highest BCUT2D eigenvalue weighted by molar-refractivity contribution is 6.21. The molecule has 10 heteroatoms. The SMILES string of the molecule is CC(C)(C)C(=O)OC[C@H]1O[C@@H](N2C=NC3C(=O)N=C(N)N=C32)C[C@@H]1O. The maximum Gasteiger partial charge on any atom is 0.311 e. The lowest BCUT2D eigenvalue weighted by Crippen LogP contribution is -2.44. The molecule has 0 bridgehead atoms. The molecule has 0 aliphatic carbocycles. The van der Waals surface area contributed by atoms with Crippen LogP contribution in [0.25, 0.3) is 0 Å². The number of esters is 1. The number of nitrogens with zero attached hydrogens (tertiary/aromatic N) is 4. The Morgan fingerprint density at radius 3 is 2.88 bits per heavy atom. The first-order chi connectivity index (χ1) is 11.7. The Bertz CT molecular complexity index is 680. The maximum absolute atomic E-state index is 11.9. The molecule has 0 aromatic rings. The summed E-state index contributed by atoms with van der Waals surface area (Å²) in [5, 5.41) is 10.2. The molecule has 25 heavy (non-hydrogen) atoms. The zero-order chi connectivity index (χ0) is 18.4. The number of aliphatic imine (C=N–C) groups is 3. The summed E-state index contributed by atoms with van der Waals surface area (Å²) in [6.45, 7) is 5.18. The summed E-state index contributed by atoms with van der Waals surface area (Å²) < 4.78 is 11.0. The van der Waals surface area contributed by atoms with Crippen molar-refractivity contribution in [3.63, 3.8) is 0 Å². The third-order valence-corrected chi connectivity index (χ3v) is 4.04. The van der Waals surface area contributed by atoms with E-state index in [1.165, 1.54) is 6.34 Å². The van der Waals surface area contributed by atoms with Crippen molar-refractivity contribution in [1.29, 1.82) is 0 Å². The Morgan fingerprint density at radius 2 is 2.20 bits per heavy atom. The fraction of sp³-hybridized carbons (Fsp3) is 0.667. The topological polar surface area (TPSA) is 139 Å². The summed E-state index contributed by atoms with van der Waals surface area (Å²) in [5.41, 5.74) is 4.90. The molecule has 1 unspecified atom stereocenters.